The van der Waals surface area contributed by atoms with Crippen LogP contribution in [0.4, 0.5) is 5.69 Å². The van der Waals surface area contributed by atoms with Crippen molar-refractivity contribution >= 4 is 22.4 Å². The molecule has 0 aliphatic carbocycles. The number of fused-ring (bicyclic) bond motifs is 1. The molecule has 0 atom stereocenters. The van der Waals surface area contributed by atoms with Gasteiger partial charge in [0, 0.05) is 5.69 Å². The van der Waals surface area contributed by atoms with E-state index >= 15 is 0 Å². The number of carbonyl (C=O) groups is 1. The van der Waals surface area contributed by atoms with E-state index in [9.17, 15) is 4.79 Å². The second-order valence-electron chi connectivity index (χ2n) is 6.18. The maximum Gasteiger partial charge on any atom is 0.278 e. The first-order valence-electron chi connectivity index (χ1n) is 8.45. The fourth-order valence-corrected chi connectivity index (χ4v) is 2.93. The van der Waals surface area contributed by atoms with E-state index in [0.717, 1.165) is 27.7 Å². The minimum Gasteiger partial charge on any atom is -0.321 e. The summed E-state index contributed by atoms with van der Waals surface area (Å²) < 4.78 is 1.74. The lowest BCUT2D eigenvalue weighted by Gasteiger charge is -2.06. The predicted octanol–water partition coefficient (Wildman–Crippen LogP) is 4.04. The molecule has 5 heteroatoms. The number of carbonyl (C=O) groups excluding carboxylic acids is 1. The molecule has 0 saturated carbocycles. The van der Waals surface area contributed by atoms with Gasteiger partial charge in [0.2, 0.25) is 0 Å². The van der Waals surface area contributed by atoms with Gasteiger partial charge in [-0.25, -0.2) is 4.68 Å². The van der Waals surface area contributed by atoms with E-state index in [1.165, 1.54) is 0 Å². The van der Waals surface area contributed by atoms with Crippen LogP contribution in [0, 0.1) is 6.92 Å². The zero-order chi connectivity index (χ0) is 17.9. The van der Waals surface area contributed by atoms with Gasteiger partial charge in [-0.3, -0.25) is 4.79 Å². The third-order valence-corrected chi connectivity index (χ3v) is 4.38. The van der Waals surface area contributed by atoms with Crippen LogP contribution >= 0.6 is 0 Å². The molecule has 0 unspecified atom stereocenters. The Kier molecular flexibility index (Phi) is 4.19. The predicted molar refractivity (Wildman–Crippen MR) is 102 cm³/mol. The van der Waals surface area contributed by atoms with Crippen LogP contribution in [0.25, 0.3) is 10.8 Å². The first-order chi connectivity index (χ1) is 12.7. The number of hydrogen-bond acceptors (Lipinski definition) is 3. The van der Waals surface area contributed by atoms with E-state index in [1.54, 1.807) is 4.68 Å². The monoisotopic (exact) mass is 342 g/mol. The molecule has 0 saturated heterocycles. The van der Waals surface area contributed by atoms with E-state index in [1.807, 2.05) is 79.7 Å². The topological polar surface area (TPSA) is 59.8 Å². The van der Waals surface area contributed by atoms with Gasteiger partial charge < -0.3 is 5.32 Å². The highest BCUT2D eigenvalue weighted by Gasteiger charge is 2.17. The molecule has 0 aliphatic heterocycles. The number of rotatable bonds is 4. The Morgan fingerprint density at radius 1 is 0.962 bits per heavy atom. The highest BCUT2D eigenvalue weighted by Crippen LogP contribution is 2.19. The van der Waals surface area contributed by atoms with Crippen molar-refractivity contribution in [2.24, 2.45) is 0 Å². The molecule has 128 valence electrons. The van der Waals surface area contributed by atoms with Crippen molar-refractivity contribution in [1.29, 1.82) is 0 Å². The van der Waals surface area contributed by atoms with E-state index in [0.29, 0.717) is 12.2 Å². The highest BCUT2D eigenvalue weighted by molar-refractivity contribution is 6.04. The lowest BCUT2D eigenvalue weighted by molar-refractivity contribution is 0.102. The molecule has 5 nitrogen and oxygen atoms in total. The van der Waals surface area contributed by atoms with E-state index < -0.39 is 0 Å². The number of hydrogen-bond donors (Lipinski definition) is 1. The van der Waals surface area contributed by atoms with Gasteiger partial charge in [0.25, 0.3) is 5.91 Å². The van der Waals surface area contributed by atoms with Gasteiger partial charge in [0.1, 0.15) is 0 Å². The number of aromatic nitrogens is 3. The molecule has 4 aromatic rings. The van der Waals surface area contributed by atoms with Crippen LogP contribution in [0.15, 0.2) is 72.8 Å². The Morgan fingerprint density at radius 2 is 1.69 bits per heavy atom. The van der Waals surface area contributed by atoms with Crippen molar-refractivity contribution in [3.8, 4) is 0 Å². The van der Waals surface area contributed by atoms with Gasteiger partial charge in [-0.2, -0.15) is 0 Å². The summed E-state index contributed by atoms with van der Waals surface area (Å²) in [6, 6.07) is 23.9. The van der Waals surface area contributed by atoms with E-state index in [-0.39, 0.29) is 5.91 Å². The summed E-state index contributed by atoms with van der Waals surface area (Å²) >= 11 is 0. The zero-order valence-electron chi connectivity index (χ0n) is 14.4. The van der Waals surface area contributed by atoms with Crippen LogP contribution in [0.3, 0.4) is 0 Å². The Bertz CT molecular complexity index is 1070. The molecule has 1 N–H and O–H groups in total. The summed E-state index contributed by atoms with van der Waals surface area (Å²) in [6.07, 6.45) is 0. The van der Waals surface area contributed by atoms with Crippen LogP contribution in [0.5, 0.6) is 0 Å². The molecule has 0 bridgehead atoms. The Labute approximate surface area is 151 Å². The van der Waals surface area contributed by atoms with Gasteiger partial charge in [0.05, 0.1) is 12.2 Å². The summed E-state index contributed by atoms with van der Waals surface area (Å²) in [7, 11) is 0. The first-order valence-corrected chi connectivity index (χ1v) is 8.45. The van der Waals surface area contributed by atoms with Gasteiger partial charge >= 0.3 is 0 Å². The normalized spacial score (nSPS) is 10.8. The number of amides is 1. The molecule has 0 spiro atoms. The lowest BCUT2D eigenvalue weighted by Crippen LogP contribution is -2.14. The minimum absolute atomic E-state index is 0.253. The molecule has 4 rings (SSSR count). The van der Waals surface area contributed by atoms with Crippen LogP contribution in [-0.2, 0) is 6.54 Å². The van der Waals surface area contributed by atoms with E-state index in [2.05, 4.69) is 15.6 Å². The van der Waals surface area contributed by atoms with Crippen molar-refractivity contribution in [3.63, 3.8) is 0 Å². The van der Waals surface area contributed by atoms with Crippen LogP contribution < -0.4 is 5.32 Å². The SMILES string of the molecule is Cc1c(C(=O)Nc2ccc3ccccc3c2)nnn1Cc1ccccc1. The quantitative estimate of drug-likeness (QED) is 0.609. The van der Waals surface area contributed by atoms with Gasteiger partial charge in [0.15, 0.2) is 5.69 Å². The first kappa shape index (κ1) is 16.0. The standard InChI is InChI=1S/C21H18N4O/c1-15-20(23-24-25(15)14-16-7-3-2-4-8-16)21(26)22-19-12-11-17-9-5-6-10-18(17)13-19/h2-13H,14H2,1H3,(H,22,26). The van der Waals surface area contributed by atoms with Gasteiger partial charge in [-0.15, -0.1) is 5.10 Å². The second kappa shape index (κ2) is 6.80. The summed E-state index contributed by atoms with van der Waals surface area (Å²) in [4.78, 5) is 12.6. The fourth-order valence-electron chi connectivity index (χ4n) is 2.93. The molecule has 0 fully saturated rings. The van der Waals surface area contributed by atoms with Crippen molar-refractivity contribution < 1.29 is 4.79 Å². The summed E-state index contributed by atoms with van der Waals surface area (Å²) in [5.74, 6) is -0.253. The average Bonchev–Trinajstić information content (AvgIpc) is 3.03. The lowest BCUT2D eigenvalue weighted by atomic mass is 10.1. The van der Waals surface area contributed by atoms with Crippen molar-refractivity contribution in [1.82, 2.24) is 15.0 Å². The van der Waals surface area contributed by atoms with Crippen molar-refractivity contribution in [2.75, 3.05) is 5.32 Å². The Balaban J connectivity index is 1.54. The largest absolute Gasteiger partial charge is 0.321 e. The minimum atomic E-state index is -0.253. The summed E-state index contributed by atoms with van der Waals surface area (Å²) in [5.41, 5.74) is 2.94. The Morgan fingerprint density at radius 3 is 2.50 bits per heavy atom. The molecular formula is C21H18N4O. The zero-order valence-corrected chi connectivity index (χ0v) is 14.4. The fraction of sp³-hybridized carbons (Fsp3) is 0.0952. The summed E-state index contributed by atoms with van der Waals surface area (Å²) in [5, 5.41) is 13.3. The maximum atomic E-state index is 12.6. The third-order valence-electron chi connectivity index (χ3n) is 4.38. The molecule has 1 heterocycles. The number of anilines is 1. The highest BCUT2D eigenvalue weighted by atomic mass is 16.2. The van der Waals surface area contributed by atoms with Crippen LogP contribution in [0.1, 0.15) is 21.7 Å². The third kappa shape index (κ3) is 3.19. The molecule has 26 heavy (non-hydrogen) atoms. The van der Waals surface area contributed by atoms with Crippen LogP contribution in [-0.4, -0.2) is 20.9 Å². The van der Waals surface area contributed by atoms with E-state index in [4.69, 9.17) is 0 Å². The number of nitrogens with one attached hydrogen (secondary N) is 1. The average molecular weight is 342 g/mol. The Hall–Kier alpha value is -3.47. The maximum absolute atomic E-state index is 12.6. The second-order valence-corrected chi connectivity index (χ2v) is 6.18. The van der Waals surface area contributed by atoms with Crippen LogP contribution in [0.2, 0.25) is 0 Å². The molecule has 1 aromatic heterocycles. The van der Waals surface area contributed by atoms with Crippen molar-refractivity contribution in [2.45, 2.75) is 13.5 Å². The van der Waals surface area contributed by atoms with Crippen molar-refractivity contribution in [3.05, 3.63) is 89.7 Å². The molecule has 1 amide bonds. The van der Waals surface area contributed by atoms with Gasteiger partial charge in [-0.1, -0.05) is 65.9 Å². The smallest absolute Gasteiger partial charge is 0.278 e. The number of benzene rings is 3. The summed E-state index contributed by atoms with van der Waals surface area (Å²) in [6.45, 7) is 2.45. The molecule has 0 aliphatic rings. The molecular weight excluding hydrogens is 324 g/mol. The van der Waals surface area contributed by atoms with Gasteiger partial charge in [-0.05, 0) is 35.4 Å². The molecule has 0 radical (unpaired) electrons. The number of nitrogens with zero attached hydrogens (tertiary/aromatic N) is 3. The molecule has 3 aromatic carbocycles.